The number of halogens is 2. The number of carbonyl (C=O) groups is 1. The number of rotatable bonds is 3. The summed E-state index contributed by atoms with van der Waals surface area (Å²) in [6.07, 6.45) is 0.773. The highest BCUT2D eigenvalue weighted by molar-refractivity contribution is 9.25. The smallest absolute Gasteiger partial charge is 0.232 e. The molecule has 1 amide bonds. The van der Waals surface area contributed by atoms with Crippen molar-refractivity contribution in [2.24, 2.45) is 5.41 Å². The van der Waals surface area contributed by atoms with E-state index >= 15 is 0 Å². The fourth-order valence-corrected chi connectivity index (χ4v) is 5.32. The number of anilines is 1. The van der Waals surface area contributed by atoms with Crippen molar-refractivity contribution in [2.75, 3.05) is 5.32 Å². The lowest BCUT2D eigenvalue weighted by atomic mass is 10.1. The van der Waals surface area contributed by atoms with Crippen molar-refractivity contribution in [3.05, 3.63) is 48.0 Å². The topological polar surface area (TPSA) is 42.0 Å². The number of alkyl halides is 2. The predicted molar refractivity (Wildman–Crippen MR) is 112 cm³/mol. The van der Waals surface area contributed by atoms with Crippen molar-refractivity contribution in [2.45, 2.75) is 23.5 Å². The Kier molecular flexibility index (Phi) is 4.05. The highest BCUT2D eigenvalue weighted by atomic mass is 79.9. The average molecular weight is 480 g/mol. The van der Waals surface area contributed by atoms with Crippen LogP contribution in [0, 0.1) is 12.3 Å². The second kappa shape index (κ2) is 5.89. The van der Waals surface area contributed by atoms with Crippen molar-refractivity contribution in [3.8, 4) is 10.6 Å². The van der Waals surface area contributed by atoms with Crippen molar-refractivity contribution >= 4 is 65.0 Å². The minimum atomic E-state index is -0.420. The summed E-state index contributed by atoms with van der Waals surface area (Å²) in [4.78, 5) is 17.1. The molecular formula is C19H16Br2N2OS. The Labute approximate surface area is 167 Å². The van der Waals surface area contributed by atoms with Crippen LogP contribution >= 0.6 is 43.2 Å². The Balaban J connectivity index is 1.54. The summed E-state index contributed by atoms with van der Waals surface area (Å²) in [5.74, 6) is 0.0180. The fourth-order valence-electron chi connectivity index (χ4n) is 2.77. The molecule has 3 aromatic rings. The van der Waals surface area contributed by atoms with Gasteiger partial charge in [0.25, 0.3) is 0 Å². The van der Waals surface area contributed by atoms with Crippen LogP contribution in [0.5, 0.6) is 0 Å². The first-order valence-electron chi connectivity index (χ1n) is 7.95. The maximum atomic E-state index is 12.4. The van der Waals surface area contributed by atoms with Gasteiger partial charge in [-0.2, -0.15) is 0 Å². The van der Waals surface area contributed by atoms with Gasteiger partial charge in [-0.25, -0.2) is 4.98 Å². The summed E-state index contributed by atoms with van der Waals surface area (Å²) >= 11 is 8.76. The van der Waals surface area contributed by atoms with E-state index < -0.39 is 5.41 Å². The highest BCUT2D eigenvalue weighted by Gasteiger charge is 2.66. The molecule has 1 aliphatic carbocycles. The number of fused-ring (bicyclic) bond motifs is 1. The van der Waals surface area contributed by atoms with E-state index in [2.05, 4.69) is 62.3 Å². The molecule has 6 heteroatoms. The monoisotopic (exact) mass is 478 g/mol. The van der Waals surface area contributed by atoms with Gasteiger partial charge in [-0.3, -0.25) is 4.79 Å². The molecule has 4 rings (SSSR count). The molecule has 1 N–H and O–H groups in total. The normalized spacial score (nSPS) is 21.3. The van der Waals surface area contributed by atoms with Gasteiger partial charge in [0.05, 0.1) is 18.9 Å². The van der Waals surface area contributed by atoms with Crippen LogP contribution in [-0.4, -0.2) is 14.1 Å². The SMILES string of the molecule is Cc1ccc2nc(-c3ccc(NC(=O)[C@@]4(C)CC4(Br)Br)cc3)sc2c1. The molecule has 25 heavy (non-hydrogen) atoms. The maximum absolute atomic E-state index is 12.4. The molecule has 1 heterocycles. The minimum Gasteiger partial charge on any atom is -0.326 e. The van der Waals surface area contributed by atoms with E-state index in [4.69, 9.17) is 4.98 Å². The molecule has 0 saturated heterocycles. The zero-order valence-electron chi connectivity index (χ0n) is 13.8. The van der Waals surface area contributed by atoms with Crippen LogP contribution < -0.4 is 5.32 Å². The lowest BCUT2D eigenvalue weighted by molar-refractivity contribution is -0.120. The van der Waals surface area contributed by atoms with Gasteiger partial charge in [0.2, 0.25) is 5.91 Å². The molecule has 128 valence electrons. The first-order valence-corrected chi connectivity index (χ1v) is 10.4. The number of nitrogens with zero attached hydrogens (tertiary/aromatic N) is 1. The zero-order chi connectivity index (χ0) is 17.8. The maximum Gasteiger partial charge on any atom is 0.232 e. The second-order valence-electron chi connectivity index (χ2n) is 6.74. The molecule has 0 unspecified atom stereocenters. The van der Waals surface area contributed by atoms with E-state index in [1.165, 1.54) is 10.3 Å². The molecule has 0 aliphatic heterocycles. The van der Waals surface area contributed by atoms with E-state index in [1.54, 1.807) is 11.3 Å². The lowest BCUT2D eigenvalue weighted by Gasteiger charge is -2.13. The van der Waals surface area contributed by atoms with Crippen LogP contribution in [0.1, 0.15) is 18.9 Å². The van der Waals surface area contributed by atoms with Gasteiger partial charge >= 0.3 is 0 Å². The molecule has 0 radical (unpaired) electrons. The van der Waals surface area contributed by atoms with Gasteiger partial charge in [0, 0.05) is 11.3 Å². The number of hydrogen-bond acceptors (Lipinski definition) is 3. The highest BCUT2D eigenvalue weighted by Crippen LogP contribution is 2.66. The summed E-state index contributed by atoms with van der Waals surface area (Å²) in [5, 5.41) is 3.99. The third-order valence-electron chi connectivity index (χ3n) is 4.69. The predicted octanol–water partition coefficient (Wildman–Crippen LogP) is 6.11. The van der Waals surface area contributed by atoms with E-state index in [0.717, 1.165) is 28.2 Å². The number of amides is 1. The number of thiazole rings is 1. The Morgan fingerprint density at radius 1 is 1.20 bits per heavy atom. The standard InChI is InChI=1S/C19H16Br2N2OS/c1-11-3-8-14-15(9-11)25-16(23-14)12-4-6-13(7-5-12)22-17(24)18(2)10-19(18,20)21/h3-9H,10H2,1-2H3,(H,22,24)/t18-/m1/s1. The van der Waals surface area contributed by atoms with Crippen molar-refractivity contribution in [3.63, 3.8) is 0 Å². The number of benzene rings is 2. The van der Waals surface area contributed by atoms with Crippen LogP contribution in [0.2, 0.25) is 0 Å². The fraction of sp³-hybridized carbons (Fsp3) is 0.263. The Morgan fingerprint density at radius 2 is 1.88 bits per heavy atom. The van der Waals surface area contributed by atoms with Crippen LogP contribution in [0.15, 0.2) is 42.5 Å². The third-order valence-corrected chi connectivity index (χ3v) is 8.07. The Hall–Kier alpha value is -1.24. The first-order chi connectivity index (χ1) is 11.8. The van der Waals surface area contributed by atoms with Crippen molar-refractivity contribution in [1.29, 1.82) is 0 Å². The van der Waals surface area contributed by atoms with Crippen molar-refractivity contribution in [1.82, 2.24) is 4.98 Å². The number of aryl methyl sites for hydroxylation is 1. The third kappa shape index (κ3) is 3.04. The van der Waals surface area contributed by atoms with Gasteiger partial charge in [-0.15, -0.1) is 11.3 Å². The average Bonchev–Trinajstić information content (AvgIpc) is 2.91. The number of carbonyl (C=O) groups excluding carboxylic acids is 1. The summed E-state index contributed by atoms with van der Waals surface area (Å²) < 4.78 is 0.913. The molecule has 3 nitrogen and oxygen atoms in total. The Morgan fingerprint density at radius 3 is 2.52 bits per heavy atom. The molecule has 1 fully saturated rings. The van der Waals surface area contributed by atoms with E-state index in [9.17, 15) is 4.79 Å². The molecule has 1 aliphatic rings. The number of aromatic nitrogens is 1. The molecule has 2 aromatic carbocycles. The largest absolute Gasteiger partial charge is 0.326 e. The zero-order valence-corrected chi connectivity index (χ0v) is 17.8. The molecule has 1 aromatic heterocycles. The van der Waals surface area contributed by atoms with Gasteiger partial charge in [-0.05, 0) is 62.2 Å². The van der Waals surface area contributed by atoms with Gasteiger partial charge in [0.15, 0.2) is 0 Å². The summed E-state index contributed by atoms with van der Waals surface area (Å²) in [6, 6.07) is 14.2. The quantitative estimate of drug-likeness (QED) is 0.460. The van der Waals surface area contributed by atoms with Gasteiger partial charge < -0.3 is 5.32 Å². The molecular weight excluding hydrogens is 464 g/mol. The molecule has 1 atom stereocenters. The first kappa shape index (κ1) is 17.2. The van der Waals surface area contributed by atoms with Crippen molar-refractivity contribution < 1.29 is 4.79 Å². The molecule has 0 bridgehead atoms. The van der Waals surface area contributed by atoms with E-state index in [-0.39, 0.29) is 9.14 Å². The lowest BCUT2D eigenvalue weighted by Crippen LogP contribution is -2.25. The summed E-state index contributed by atoms with van der Waals surface area (Å²) in [5.41, 5.74) is 3.70. The van der Waals surface area contributed by atoms with E-state index in [1.807, 2.05) is 31.2 Å². The van der Waals surface area contributed by atoms with Crippen LogP contribution in [0.25, 0.3) is 20.8 Å². The molecule has 0 spiro atoms. The summed E-state index contributed by atoms with van der Waals surface area (Å²) in [6.45, 7) is 4.04. The van der Waals surface area contributed by atoms with Crippen LogP contribution in [0.3, 0.4) is 0 Å². The van der Waals surface area contributed by atoms with E-state index in [0.29, 0.717) is 0 Å². The summed E-state index contributed by atoms with van der Waals surface area (Å²) in [7, 11) is 0. The number of hydrogen-bond donors (Lipinski definition) is 1. The van der Waals surface area contributed by atoms with Crippen LogP contribution in [-0.2, 0) is 4.79 Å². The second-order valence-corrected chi connectivity index (χ2v) is 11.5. The minimum absolute atomic E-state index is 0.0180. The van der Waals surface area contributed by atoms with Gasteiger partial charge in [-0.1, -0.05) is 37.9 Å². The number of nitrogens with one attached hydrogen (secondary N) is 1. The van der Waals surface area contributed by atoms with Gasteiger partial charge in [0.1, 0.15) is 5.01 Å². The molecule has 1 saturated carbocycles. The van der Waals surface area contributed by atoms with Crippen LogP contribution in [0.4, 0.5) is 5.69 Å². The Bertz CT molecular complexity index is 981.